The summed E-state index contributed by atoms with van der Waals surface area (Å²) in [4.78, 5) is 9.29. The number of amides is 1. The van der Waals surface area contributed by atoms with E-state index >= 15 is 0 Å². The Balaban J connectivity index is 0. The summed E-state index contributed by atoms with van der Waals surface area (Å²) < 4.78 is 29.2. The number of hydrogen-bond donors (Lipinski definition) is 1. The third-order valence-electron chi connectivity index (χ3n) is 1.23. The van der Waals surface area contributed by atoms with Gasteiger partial charge in [0.2, 0.25) is 0 Å². The van der Waals surface area contributed by atoms with Crippen LogP contribution >= 0.6 is 0 Å². The molecule has 0 radical (unpaired) electrons. The van der Waals surface area contributed by atoms with Crippen molar-refractivity contribution in [1.82, 2.24) is 0 Å². The molecule has 1 amide bonds. The Labute approximate surface area is 116 Å². The number of carbonyl (C=O) groups excluding carboxylic acids is 1. The largest absolute Gasteiger partial charge is 1.00 e. The Kier molecular flexibility index (Phi) is 9.40. The zero-order chi connectivity index (χ0) is 11.9. The average Bonchev–Trinajstić information content (AvgIpc) is 2.19. The Bertz CT molecular complexity index is 430. The third-order valence-corrected chi connectivity index (χ3v) is 2.09. The molecular weight excluding hydrogens is 241 g/mol. The van der Waals surface area contributed by atoms with Crippen molar-refractivity contribution in [2.24, 2.45) is 0 Å². The van der Waals surface area contributed by atoms with Gasteiger partial charge in [-0.15, -0.1) is 0 Å². The van der Waals surface area contributed by atoms with Crippen LogP contribution < -0.4 is 29.6 Å². The van der Waals surface area contributed by atoms with Gasteiger partial charge in [0.15, 0.2) is 0 Å². The zero-order valence-electron chi connectivity index (χ0n) is 8.75. The van der Waals surface area contributed by atoms with Gasteiger partial charge >= 0.3 is 29.6 Å². The van der Waals surface area contributed by atoms with Gasteiger partial charge in [-0.2, -0.15) is 8.42 Å². The predicted octanol–water partition coefficient (Wildman–Crippen LogP) is -1.31. The first kappa shape index (κ1) is 17.7. The first-order chi connectivity index (χ1) is 6.88. The molecule has 0 bridgehead atoms. The second kappa shape index (κ2) is 8.49. The minimum Gasteiger partial charge on any atom is -0.664 e. The zero-order valence-corrected chi connectivity index (χ0v) is 11.6. The van der Waals surface area contributed by atoms with E-state index in [1.165, 1.54) is 12.1 Å². The van der Waals surface area contributed by atoms with Gasteiger partial charge in [-0.1, -0.05) is 24.8 Å². The van der Waals surface area contributed by atoms with Crippen LogP contribution in [-0.4, -0.2) is 18.9 Å². The molecule has 7 heteroatoms. The fraction of sp³-hybridized carbons (Fsp3) is 0. The molecule has 0 fully saturated rings. The fourth-order valence-electron chi connectivity index (χ4n) is 0.592. The molecule has 0 aliphatic rings. The number of benzene rings is 1. The molecule has 0 atom stereocenters. The van der Waals surface area contributed by atoms with E-state index in [4.69, 9.17) is 10.3 Å². The fourth-order valence-corrected chi connectivity index (χ4v) is 1.09. The molecule has 0 saturated heterocycles. The molecule has 0 aliphatic heterocycles. The minimum absolute atomic E-state index is 0. The van der Waals surface area contributed by atoms with Crippen molar-refractivity contribution >= 4 is 16.0 Å². The van der Waals surface area contributed by atoms with Crippen molar-refractivity contribution in [3.63, 3.8) is 0 Å². The van der Waals surface area contributed by atoms with Crippen LogP contribution in [0.5, 0.6) is 0 Å². The summed E-state index contributed by atoms with van der Waals surface area (Å²) in [6.07, 6.45) is 0.944. The number of carbonyl (C=O) groups is 1. The van der Waals surface area contributed by atoms with Crippen LogP contribution in [0.1, 0.15) is 0 Å². The van der Waals surface area contributed by atoms with Crippen molar-refractivity contribution in [3.8, 4) is 0 Å². The van der Waals surface area contributed by atoms with E-state index in [0.717, 1.165) is 6.08 Å². The van der Waals surface area contributed by atoms with Gasteiger partial charge in [-0.25, -0.2) is 0 Å². The summed E-state index contributed by atoms with van der Waals surface area (Å²) in [6, 6.07) is 7.42. The molecule has 16 heavy (non-hydrogen) atoms. The van der Waals surface area contributed by atoms with Gasteiger partial charge in [-0.05, 0) is 18.2 Å². The average molecular weight is 251 g/mol. The van der Waals surface area contributed by atoms with Crippen LogP contribution in [0.3, 0.4) is 0 Å². The summed E-state index contributed by atoms with van der Waals surface area (Å²) in [5, 5.41) is 0. The Morgan fingerprint density at radius 1 is 1.31 bits per heavy atom. The Morgan fingerprint density at radius 3 is 1.88 bits per heavy atom. The second-order valence-electron chi connectivity index (χ2n) is 2.36. The summed E-state index contributed by atoms with van der Waals surface area (Å²) in [7, 11) is -4.00. The molecule has 0 heterocycles. The second-order valence-corrected chi connectivity index (χ2v) is 3.78. The third kappa shape index (κ3) is 8.63. The summed E-state index contributed by atoms with van der Waals surface area (Å²) in [5.41, 5.74) is 6.07. The predicted molar refractivity (Wildman–Crippen MR) is 55.8 cm³/mol. The molecule has 5 nitrogen and oxygen atoms in total. The number of rotatable bonds is 2. The van der Waals surface area contributed by atoms with E-state index in [1.54, 1.807) is 18.2 Å². The van der Waals surface area contributed by atoms with Crippen LogP contribution in [0.2, 0.25) is 0 Å². The Morgan fingerprint density at radius 2 is 1.69 bits per heavy atom. The van der Waals surface area contributed by atoms with Crippen molar-refractivity contribution in [2.75, 3.05) is 0 Å². The first-order valence-electron chi connectivity index (χ1n) is 3.78. The first-order valence-corrected chi connectivity index (χ1v) is 5.22. The summed E-state index contributed by atoms with van der Waals surface area (Å²) in [6.45, 7) is 3.02. The summed E-state index contributed by atoms with van der Waals surface area (Å²) in [5.74, 6) is -0.731. The van der Waals surface area contributed by atoms with Crippen molar-refractivity contribution in [2.45, 2.75) is 4.90 Å². The van der Waals surface area contributed by atoms with Crippen LogP contribution in [0.4, 0.5) is 0 Å². The quantitative estimate of drug-likeness (QED) is 0.401. The molecule has 2 N–H and O–H groups in total. The molecule has 0 unspecified atom stereocenters. The summed E-state index contributed by atoms with van der Waals surface area (Å²) >= 11 is 0. The van der Waals surface area contributed by atoms with E-state index in [2.05, 4.69) is 6.58 Å². The maximum Gasteiger partial charge on any atom is 1.00 e. The van der Waals surface area contributed by atoms with Crippen LogP contribution in [0, 0.1) is 0 Å². The number of nitrogens with one attached hydrogen (secondary N) is 1. The van der Waals surface area contributed by atoms with Crippen LogP contribution in [-0.2, 0) is 14.9 Å². The van der Waals surface area contributed by atoms with E-state index < -0.39 is 16.0 Å². The van der Waals surface area contributed by atoms with E-state index in [9.17, 15) is 13.2 Å². The molecule has 1 rings (SSSR count). The smallest absolute Gasteiger partial charge is 0.664 e. The molecule has 0 aromatic heterocycles. The van der Waals surface area contributed by atoms with Gasteiger partial charge in [0.25, 0.3) is 10.1 Å². The van der Waals surface area contributed by atoms with E-state index in [1.807, 2.05) is 0 Å². The van der Waals surface area contributed by atoms with Crippen LogP contribution in [0.15, 0.2) is 47.9 Å². The molecule has 82 valence electrons. The van der Waals surface area contributed by atoms with E-state index in [-0.39, 0.29) is 34.5 Å². The SMILES string of the molecule is C=CC([NH-])=O.O=S(=O)(O)c1ccccc1.[Na+]. The maximum absolute atomic E-state index is 10.4. The molecule has 1 aromatic carbocycles. The normalized spacial score (nSPS) is 9.06. The van der Waals surface area contributed by atoms with Crippen molar-refractivity contribution in [3.05, 3.63) is 48.7 Å². The van der Waals surface area contributed by atoms with Gasteiger partial charge in [-0.3, -0.25) is 4.55 Å². The van der Waals surface area contributed by atoms with E-state index in [0.29, 0.717) is 0 Å². The standard InChI is InChI=1S/C6H6O3S.C3H5NO.Na/c7-10(8,9)6-4-2-1-3-5-6;1-2-3(4)5;/h1-5H,(H,7,8,9);2H,1H2,(H2,4,5);/q;;+1/p-1. The van der Waals surface area contributed by atoms with Gasteiger partial charge in [0.1, 0.15) is 0 Å². The monoisotopic (exact) mass is 251 g/mol. The maximum atomic E-state index is 10.4. The molecular formula is C9H10NNaO4S. The molecule has 0 aliphatic carbocycles. The van der Waals surface area contributed by atoms with Gasteiger partial charge < -0.3 is 10.5 Å². The molecule has 0 spiro atoms. The van der Waals surface area contributed by atoms with Gasteiger partial charge in [0, 0.05) is 0 Å². The van der Waals surface area contributed by atoms with Crippen molar-refractivity contribution in [1.29, 1.82) is 0 Å². The number of hydrogen-bond acceptors (Lipinski definition) is 3. The van der Waals surface area contributed by atoms with Crippen molar-refractivity contribution < 1.29 is 47.3 Å². The molecule has 0 saturated carbocycles. The Hall–Kier alpha value is -0.660. The molecule has 1 aromatic rings. The van der Waals surface area contributed by atoms with Gasteiger partial charge in [0.05, 0.1) is 10.8 Å². The van der Waals surface area contributed by atoms with Crippen LogP contribution in [0.25, 0.3) is 5.73 Å². The minimum atomic E-state index is -4.00. The topological polar surface area (TPSA) is 95.2 Å².